The van der Waals surface area contributed by atoms with Crippen LogP contribution in [0.15, 0.2) is 24.3 Å². The molecular weight excluding hydrogens is 194 g/mol. The third-order valence-electron chi connectivity index (χ3n) is 2.08. The number of carbonyl (C=O) groups excluding carboxylic acids is 1. The van der Waals surface area contributed by atoms with Crippen molar-refractivity contribution in [1.82, 2.24) is 0 Å². The Balaban J connectivity index is 2.89. The zero-order chi connectivity index (χ0) is 11.3. The molecule has 0 radical (unpaired) electrons. The summed E-state index contributed by atoms with van der Waals surface area (Å²) in [5.74, 6) is -0.640. The van der Waals surface area contributed by atoms with Crippen LogP contribution in [0.1, 0.15) is 24.2 Å². The maximum Gasteiger partial charge on any atom is 0.339 e. The van der Waals surface area contributed by atoms with Gasteiger partial charge in [-0.25, -0.2) is 4.79 Å². The SMILES string of the molecule is CCOC(=O)C(O)c1ccccc1CN. The molecule has 0 bridgehead atoms. The number of carbonyl (C=O) groups is 1. The summed E-state index contributed by atoms with van der Waals surface area (Å²) in [5.41, 5.74) is 6.76. The van der Waals surface area contributed by atoms with E-state index in [0.717, 1.165) is 5.56 Å². The van der Waals surface area contributed by atoms with E-state index in [1.54, 1.807) is 25.1 Å². The average Bonchev–Trinajstić information content (AvgIpc) is 2.28. The van der Waals surface area contributed by atoms with Gasteiger partial charge in [-0.15, -0.1) is 0 Å². The molecular formula is C11H15NO3. The molecule has 1 unspecified atom stereocenters. The molecule has 82 valence electrons. The lowest BCUT2D eigenvalue weighted by Gasteiger charge is -2.13. The first-order valence-corrected chi connectivity index (χ1v) is 4.83. The molecule has 15 heavy (non-hydrogen) atoms. The first kappa shape index (κ1) is 11.7. The maximum atomic E-state index is 11.3. The van der Waals surface area contributed by atoms with Crippen molar-refractivity contribution in [2.45, 2.75) is 19.6 Å². The number of esters is 1. The fourth-order valence-corrected chi connectivity index (χ4v) is 1.34. The summed E-state index contributed by atoms with van der Waals surface area (Å²) in [6.45, 7) is 2.23. The molecule has 1 atom stereocenters. The van der Waals surface area contributed by atoms with E-state index in [1.807, 2.05) is 6.07 Å². The summed E-state index contributed by atoms with van der Waals surface area (Å²) in [6, 6.07) is 7.00. The van der Waals surface area contributed by atoms with Crippen LogP contribution in [-0.4, -0.2) is 17.7 Å². The highest BCUT2D eigenvalue weighted by Gasteiger charge is 2.20. The fourth-order valence-electron chi connectivity index (χ4n) is 1.34. The van der Waals surface area contributed by atoms with Crippen LogP contribution >= 0.6 is 0 Å². The van der Waals surface area contributed by atoms with E-state index in [9.17, 15) is 9.90 Å². The van der Waals surface area contributed by atoms with Crippen molar-refractivity contribution >= 4 is 5.97 Å². The Kier molecular flexibility index (Phi) is 4.27. The van der Waals surface area contributed by atoms with Gasteiger partial charge in [0.1, 0.15) is 0 Å². The van der Waals surface area contributed by atoms with Crippen LogP contribution in [0.4, 0.5) is 0 Å². The standard InChI is InChI=1S/C11H15NO3/c1-2-15-11(14)10(13)9-6-4-3-5-8(9)7-12/h3-6,10,13H,2,7,12H2,1H3. The Morgan fingerprint density at radius 3 is 2.80 bits per heavy atom. The van der Waals surface area contributed by atoms with Gasteiger partial charge in [0.25, 0.3) is 0 Å². The van der Waals surface area contributed by atoms with Crippen LogP contribution in [0.2, 0.25) is 0 Å². The van der Waals surface area contributed by atoms with E-state index >= 15 is 0 Å². The number of nitrogens with two attached hydrogens (primary N) is 1. The molecule has 4 heteroatoms. The van der Waals surface area contributed by atoms with E-state index in [0.29, 0.717) is 5.56 Å². The van der Waals surface area contributed by atoms with Crippen molar-refractivity contribution in [1.29, 1.82) is 0 Å². The normalized spacial score (nSPS) is 12.2. The Labute approximate surface area is 88.7 Å². The van der Waals surface area contributed by atoms with Crippen LogP contribution in [0.25, 0.3) is 0 Å². The Morgan fingerprint density at radius 1 is 1.53 bits per heavy atom. The monoisotopic (exact) mass is 209 g/mol. The minimum atomic E-state index is -1.25. The minimum absolute atomic E-state index is 0.251. The predicted octanol–water partition coefficient (Wildman–Crippen LogP) is 0.742. The number of ether oxygens (including phenoxy) is 1. The predicted molar refractivity (Wildman–Crippen MR) is 55.9 cm³/mol. The molecule has 4 nitrogen and oxygen atoms in total. The van der Waals surface area contributed by atoms with Gasteiger partial charge in [0.05, 0.1) is 6.61 Å². The molecule has 1 rings (SSSR count). The molecule has 0 aliphatic rings. The third kappa shape index (κ3) is 2.78. The third-order valence-corrected chi connectivity index (χ3v) is 2.08. The highest BCUT2D eigenvalue weighted by atomic mass is 16.5. The molecule has 0 heterocycles. The van der Waals surface area contributed by atoms with Gasteiger partial charge in [0.2, 0.25) is 0 Å². The van der Waals surface area contributed by atoms with Crippen LogP contribution < -0.4 is 5.73 Å². The number of aliphatic hydroxyl groups is 1. The molecule has 0 fully saturated rings. The molecule has 1 aromatic rings. The summed E-state index contributed by atoms with van der Waals surface area (Å²) in [4.78, 5) is 11.3. The first-order chi connectivity index (χ1) is 7.20. The van der Waals surface area contributed by atoms with Gasteiger partial charge in [-0.05, 0) is 18.1 Å². The second-order valence-corrected chi connectivity index (χ2v) is 3.06. The smallest absolute Gasteiger partial charge is 0.339 e. The maximum absolute atomic E-state index is 11.3. The zero-order valence-electron chi connectivity index (χ0n) is 8.64. The van der Waals surface area contributed by atoms with Crippen LogP contribution in [0.5, 0.6) is 0 Å². The van der Waals surface area contributed by atoms with Crippen LogP contribution in [-0.2, 0) is 16.1 Å². The molecule has 1 aromatic carbocycles. The van der Waals surface area contributed by atoms with Crippen molar-refractivity contribution in [2.24, 2.45) is 5.73 Å². The number of hydrogen-bond acceptors (Lipinski definition) is 4. The van der Waals surface area contributed by atoms with E-state index < -0.39 is 12.1 Å². The van der Waals surface area contributed by atoms with Crippen molar-refractivity contribution in [3.63, 3.8) is 0 Å². The summed E-state index contributed by atoms with van der Waals surface area (Å²) in [5, 5.41) is 9.70. The zero-order valence-corrected chi connectivity index (χ0v) is 8.64. The lowest BCUT2D eigenvalue weighted by atomic mass is 10.0. The molecule has 0 saturated heterocycles. The summed E-state index contributed by atoms with van der Waals surface area (Å²) < 4.78 is 4.73. The molecule has 0 aliphatic heterocycles. The van der Waals surface area contributed by atoms with Gasteiger partial charge in [0, 0.05) is 6.54 Å². The summed E-state index contributed by atoms with van der Waals surface area (Å²) in [7, 11) is 0. The van der Waals surface area contributed by atoms with Gasteiger partial charge in [0.15, 0.2) is 6.10 Å². The lowest BCUT2D eigenvalue weighted by molar-refractivity contribution is -0.153. The quantitative estimate of drug-likeness (QED) is 0.717. The number of benzene rings is 1. The van der Waals surface area contributed by atoms with Crippen LogP contribution in [0, 0.1) is 0 Å². The highest BCUT2D eigenvalue weighted by Crippen LogP contribution is 2.18. The van der Waals surface area contributed by atoms with Crippen LogP contribution in [0.3, 0.4) is 0 Å². The first-order valence-electron chi connectivity index (χ1n) is 4.83. The van der Waals surface area contributed by atoms with Crippen molar-refractivity contribution in [3.8, 4) is 0 Å². The summed E-state index contributed by atoms with van der Waals surface area (Å²) >= 11 is 0. The average molecular weight is 209 g/mol. The van der Waals surface area contributed by atoms with E-state index in [2.05, 4.69) is 0 Å². The van der Waals surface area contributed by atoms with Gasteiger partial charge in [-0.2, -0.15) is 0 Å². The molecule has 0 saturated carbocycles. The van der Waals surface area contributed by atoms with E-state index in [-0.39, 0.29) is 13.2 Å². The highest BCUT2D eigenvalue weighted by molar-refractivity contribution is 5.76. The Morgan fingerprint density at radius 2 is 2.20 bits per heavy atom. The lowest BCUT2D eigenvalue weighted by Crippen LogP contribution is -2.17. The minimum Gasteiger partial charge on any atom is -0.464 e. The topological polar surface area (TPSA) is 72.5 Å². The second kappa shape index (κ2) is 5.48. The molecule has 0 aromatic heterocycles. The second-order valence-electron chi connectivity index (χ2n) is 3.06. The van der Waals surface area contributed by atoms with E-state index in [4.69, 9.17) is 10.5 Å². The summed E-state index contributed by atoms with van der Waals surface area (Å²) in [6.07, 6.45) is -1.25. The van der Waals surface area contributed by atoms with Crippen molar-refractivity contribution in [2.75, 3.05) is 6.61 Å². The number of rotatable bonds is 4. The largest absolute Gasteiger partial charge is 0.464 e. The van der Waals surface area contributed by atoms with Gasteiger partial charge >= 0.3 is 5.97 Å². The van der Waals surface area contributed by atoms with Crippen molar-refractivity contribution < 1.29 is 14.6 Å². The van der Waals surface area contributed by atoms with E-state index in [1.165, 1.54) is 0 Å². The number of aliphatic hydroxyl groups excluding tert-OH is 1. The Hall–Kier alpha value is -1.39. The van der Waals surface area contributed by atoms with Gasteiger partial charge in [-0.1, -0.05) is 24.3 Å². The molecule has 0 aliphatic carbocycles. The van der Waals surface area contributed by atoms with Gasteiger partial charge < -0.3 is 15.6 Å². The molecule has 0 amide bonds. The molecule has 0 spiro atoms. The number of hydrogen-bond donors (Lipinski definition) is 2. The molecule has 3 N–H and O–H groups in total. The van der Waals surface area contributed by atoms with Crippen molar-refractivity contribution in [3.05, 3.63) is 35.4 Å². The van der Waals surface area contributed by atoms with Gasteiger partial charge in [-0.3, -0.25) is 0 Å². The fraction of sp³-hybridized carbons (Fsp3) is 0.364. The Bertz CT molecular complexity index is 338.